The van der Waals surface area contributed by atoms with Crippen LogP contribution in [-0.4, -0.2) is 47.5 Å². The van der Waals surface area contributed by atoms with E-state index in [1.54, 1.807) is 21.3 Å². The van der Waals surface area contributed by atoms with Crippen LogP contribution in [0.4, 0.5) is 5.69 Å². The second-order valence-corrected chi connectivity index (χ2v) is 6.85. The predicted molar refractivity (Wildman–Crippen MR) is 104 cm³/mol. The molecule has 0 amide bonds. The second-order valence-electron chi connectivity index (χ2n) is 6.41. The molecule has 5 nitrogen and oxygen atoms in total. The van der Waals surface area contributed by atoms with Crippen molar-refractivity contribution in [2.24, 2.45) is 0 Å². The molecule has 0 saturated carbocycles. The van der Waals surface area contributed by atoms with Crippen LogP contribution in [0, 0.1) is 0 Å². The number of methoxy groups -OCH3 is 3. The highest BCUT2D eigenvalue weighted by atomic mass is 35.5. The van der Waals surface area contributed by atoms with Crippen LogP contribution < -0.4 is 24.0 Å². The number of benzene rings is 2. The summed E-state index contributed by atoms with van der Waals surface area (Å²) in [6.07, 6.45) is 0. The summed E-state index contributed by atoms with van der Waals surface area (Å²) in [6.45, 7) is 5.08. The SMILES string of the molecule is COc1cc(OC)c(OC)cc1C[NH+]1CCN(c2ccc(Cl)cc2)CC1. The molecule has 0 bridgehead atoms. The zero-order valence-electron chi connectivity index (χ0n) is 15.5. The fourth-order valence-electron chi connectivity index (χ4n) is 3.41. The van der Waals surface area contributed by atoms with Gasteiger partial charge in [-0.05, 0) is 30.3 Å². The lowest BCUT2D eigenvalue weighted by atomic mass is 10.1. The quantitative estimate of drug-likeness (QED) is 0.837. The van der Waals surface area contributed by atoms with Crippen molar-refractivity contribution in [3.05, 3.63) is 47.0 Å². The number of ether oxygens (including phenoxy) is 3. The van der Waals surface area contributed by atoms with Crippen molar-refractivity contribution in [1.82, 2.24) is 0 Å². The molecule has 6 heteroatoms. The summed E-state index contributed by atoms with van der Waals surface area (Å²) in [5.41, 5.74) is 2.37. The van der Waals surface area contributed by atoms with Gasteiger partial charge in [-0.1, -0.05) is 11.6 Å². The predicted octanol–water partition coefficient (Wildman–Crippen LogP) is 2.27. The Morgan fingerprint density at radius 2 is 1.46 bits per heavy atom. The van der Waals surface area contributed by atoms with E-state index in [2.05, 4.69) is 17.0 Å². The average Bonchev–Trinajstić information content (AvgIpc) is 2.69. The smallest absolute Gasteiger partial charge is 0.164 e. The van der Waals surface area contributed by atoms with Crippen LogP contribution in [0.2, 0.25) is 5.02 Å². The Bertz CT molecular complexity index is 729. The van der Waals surface area contributed by atoms with Crippen LogP contribution in [0.5, 0.6) is 17.2 Å². The van der Waals surface area contributed by atoms with Crippen molar-refractivity contribution in [1.29, 1.82) is 0 Å². The number of nitrogens with one attached hydrogen (secondary N) is 1. The van der Waals surface area contributed by atoms with E-state index in [0.717, 1.165) is 54.8 Å². The summed E-state index contributed by atoms with van der Waals surface area (Å²) < 4.78 is 16.4. The van der Waals surface area contributed by atoms with E-state index in [1.807, 2.05) is 24.3 Å². The summed E-state index contributed by atoms with van der Waals surface area (Å²) in [5.74, 6) is 2.27. The lowest BCUT2D eigenvalue weighted by Crippen LogP contribution is -3.13. The van der Waals surface area contributed by atoms with Crippen molar-refractivity contribution in [2.75, 3.05) is 52.4 Å². The van der Waals surface area contributed by atoms with Crippen molar-refractivity contribution in [3.63, 3.8) is 0 Å². The third kappa shape index (κ3) is 4.17. The van der Waals surface area contributed by atoms with Crippen LogP contribution >= 0.6 is 11.6 Å². The first-order chi connectivity index (χ1) is 12.6. The minimum Gasteiger partial charge on any atom is -0.496 e. The summed E-state index contributed by atoms with van der Waals surface area (Å²) >= 11 is 5.99. The van der Waals surface area contributed by atoms with Gasteiger partial charge in [-0.3, -0.25) is 0 Å². The van der Waals surface area contributed by atoms with Crippen molar-refractivity contribution in [3.8, 4) is 17.2 Å². The van der Waals surface area contributed by atoms with Gasteiger partial charge >= 0.3 is 0 Å². The molecule has 0 radical (unpaired) electrons. The van der Waals surface area contributed by atoms with Gasteiger partial charge in [0.25, 0.3) is 0 Å². The van der Waals surface area contributed by atoms with Crippen molar-refractivity contribution in [2.45, 2.75) is 6.54 Å². The van der Waals surface area contributed by atoms with E-state index >= 15 is 0 Å². The van der Waals surface area contributed by atoms with Gasteiger partial charge in [0.05, 0.1) is 53.1 Å². The third-order valence-electron chi connectivity index (χ3n) is 4.89. The molecule has 1 aliphatic rings. The highest BCUT2D eigenvalue weighted by Crippen LogP contribution is 2.34. The topological polar surface area (TPSA) is 35.4 Å². The largest absolute Gasteiger partial charge is 0.496 e. The molecular weight excluding hydrogens is 352 g/mol. The van der Waals surface area contributed by atoms with Gasteiger partial charge in [0.2, 0.25) is 0 Å². The summed E-state index contributed by atoms with van der Waals surface area (Å²) in [6, 6.07) is 12.0. The third-order valence-corrected chi connectivity index (χ3v) is 5.14. The molecule has 1 aliphatic heterocycles. The standard InChI is InChI=1S/C20H25ClN2O3/c1-24-18-13-20(26-3)19(25-2)12-15(18)14-22-8-10-23(11-9-22)17-6-4-16(21)5-7-17/h4-7,12-13H,8-11,14H2,1-3H3/p+1. The minimum atomic E-state index is 0.690. The number of hydrogen-bond donors (Lipinski definition) is 1. The fourth-order valence-corrected chi connectivity index (χ4v) is 3.54. The monoisotopic (exact) mass is 377 g/mol. The van der Waals surface area contributed by atoms with Crippen LogP contribution in [0.15, 0.2) is 36.4 Å². The molecule has 0 atom stereocenters. The second kappa shape index (κ2) is 8.52. The Labute approximate surface area is 160 Å². The van der Waals surface area contributed by atoms with E-state index < -0.39 is 0 Å². The Hall–Kier alpha value is -2.11. The molecule has 1 heterocycles. The summed E-state index contributed by atoms with van der Waals surface area (Å²) in [5, 5.41) is 0.776. The minimum absolute atomic E-state index is 0.690. The zero-order valence-corrected chi connectivity index (χ0v) is 16.3. The summed E-state index contributed by atoms with van der Waals surface area (Å²) in [4.78, 5) is 3.94. The normalized spacial score (nSPS) is 15.0. The Balaban J connectivity index is 1.66. The first-order valence-electron chi connectivity index (χ1n) is 8.77. The van der Waals surface area contributed by atoms with Gasteiger partial charge in [0.15, 0.2) is 11.5 Å². The maximum absolute atomic E-state index is 5.99. The molecule has 1 fully saturated rings. The molecule has 0 spiro atoms. The number of rotatable bonds is 6. The van der Waals surface area contributed by atoms with Gasteiger partial charge in [0.1, 0.15) is 12.3 Å². The lowest BCUT2D eigenvalue weighted by Gasteiger charge is -2.34. The maximum atomic E-state index is 5.99. The molecular formula is C20H26ClN2O3+. The van der Waals surface area contributed by atoms with Crippen LogP contribution in [0.25, 0.3) is 0 Å². The van der Waals surface area contributed by atoms with E-state index in [4.69, 9.17) is 25.8 Å². The number of nitrogens with zero attached hydrogens (tertiary/aromatic N) is 1. The van der Waals surface area contributed by atoms with E-state index in [0.29, 0.717) is 5.75 Å². The molecule has 0 unspecified atom stereocenters. The van der Waals surface area contributed by atoms with Crippen molar-refractivity contribution < 1.29 is 19.1 Å². The molecule has 140 valence electrons. The number of anilines is 1. The summed E-state index contributed by atoms with van der Waals surface area (Å²) in [7, 11) is 4.99. The fraction of sp³-hybridized carbons (Fsp3) is 0.400. The van der Waals surface area contributed by atoms with Gasteiger partial charge in [-0.25, -0.2) is 0 Å². The van der Waals surface area contributed by atoms with Gasteiger partial charge < -0.3 is 24.0 Å². The Morgan fingerprint density at radius 3 is 2.04 bits per heavy atom. The van der Waals surface area contributed by atoms with E-state index in [1.165, 1.54) is 10.6 Å². The van der Waals surface area contributed by atoms with Crippen LogP contribution in [0.3, 0.4) is 0 Å². The molecule has 0 aromatic heterocycles. The number of halogens is 1. The Morgan fingerprint density at radius 1 is 0.885 bits per heavy atom. The number of piperazine rings is 1. The highest BCUT2D eigenvalue weighted by molar-refractivity contribution is 6.30. The molecule has 1 saturated heterocycles. The Kier molecular flexibility index (Phi) is 6.12. The highest BCUT2D eigenvalue weighted by Gasteiger charge is 2.22. The molecule has 0 aliphatic carbocycles. The van der Waals surface area contributed by atoms with E-state index in [-0.39, 0.29) is 0 Å². The lowest BCUT2D eigenvalue weighted by molar-refractivity contribution is -0.914. The molecule has 2 aromatic carbocycles. The van der Waals surface area contributed by atoms with E-state index in [9.17, 15) is 0 Å². The molecule has 2 aromatic rings. The molecule has 1 N–H and O–H groups in total. The number of quaternary nitrogens is 1. The average molecular weight is 378 g/mol. The molecule has 26 heavy (non-hydrogen) atoms. The van der Waals surface area contributed by atoms with Crippen LogP contribution in [-0.2, 0) is 6.54 Å². The van der Waals surface area contributed by atoms with Crippen molar-refractivity contribution >= 4 is 17.3 Å². The van der Waals surface area contributed by atoms with Crippen LogP contribution in [0.1, 0.15) is 5.56 Å². The first kappa shape index (κ1) is 18.7. The van der Waals surface area contributed by atoms with Gasteiger partial charge in [0, 0.05) is 16.8 Å². The zero-order chi connectivity index (χ0) is 18.5. The van der Waals surface area contributed by atoms with Gasteiger partial charge in [-0.2, -0.15) is 0 Å². The maximum Gasteiger partial charge on any atom is 0.164 e. The van der Waals surface area contributed by atoms with Gasteiger partial charge in [-0.15, -0.1) is 0 Å². The number of hydrogen-bond acceptors (Lipinski definition) is 4. The molecule has 3 rings (SSSR count). The first-order valence-corrected chi connectivity index (χ1v) is 9.15.